The fraction of sp³-hybridized carbons (Fsp3) is 0.400. The molecule has 0 amide bonds. The molecule has 1 saturated heterocycles. The molecular weight excluding hydrogens is 290 g/mol. The zero-order chi connectivity index (χ0) is 13.9. The SMILES string of the molecule is CN1CCC/C1=N\CCSc1c[nH]c2ccc(Cl)cc12. The van der Waals surface area contributed by atoms with Crippen molar-refractivity contribution >= 4 is 40.1 Å². The van der Waals surface area contributed by atoms with E-state index in [0.29, 0.717) is 0 Å². The normalized spacial score (nSPS) is 17.5. The van der Waals surface area contributed by atoms with Crippen LogP contribution >= 0.6 is 23.4 Å². The molecule has 3 nitrogen and oxygen atoms in total. The highest BCUT2D eigenvalue weighted by Crippen LogP contribution is 2.29. The summed E-state index contributed by atoms with van der Waals surface area (Å²) in [7, 11) is 2.13. The van der Waals surface area contributed by atoms with Crippen molar-refractivity contribution in [3.63, 3.8) is 0 Å². The van der Waals surface area contributed by atoms with Gasteiger partial charge in [0.2, 0.25) is 0 Å². The second kappa shape index (κ2) is 6.10. The molecule has 2 aromatic rings. The molecule has 20 heavy (non-hydrogen) atoms. The molecular formula is C15H18ClN3S. The Morgan fingerprint density at radius 3 is 3.15 bits per heavy atom. The predicted molar refractivity (Wildman–Crippen MR) is 88.2 cm³/mol. The van der Waals surface area contributed by atoms with Gasteiger partial charge in [0.25, 0.3) is 0 Å². The lowest BCUT2D eigenvalue weighted by molar-refractivity contribution is 0.548. The summed E-state index contributed by atoms with van der Waals surface area (Å²) in [6.07, 6.45) is 4.42. The van der Waals surface area contributed by atoms with Crippen LogP contribution in [0.5, 0.6) is 0 Å². The molecule has 0 radical (unpaired) electrons. The number of aromatic nitrogens is 1. The van der Waals surface area contributed by atoms with Gasteiger partial charge in [0, 0.05) is 52.8 Å². The van der Waals surface area contributed by atoms with Crippen LogP contribution in [-0.4, -0.2) is 41.6 Å². The highest BCUT2D eigenvalue weighted by molar-refractivity contribution is 7.99. The number of benzene rings is 1. The lowest BCUT2D eigenvalue weighted by Crippen LogP contribution is -2.19. The highest BCUT2D eigenvalue weighted by Gasteiger charge is 2.13. The van der Waals surface area contributed by atoms with Gasteiger partial charge in [0.05, 0.1) is 12.4 Å². The van der Waals surface area contributed by atoms with E-state index < -0.39 is 0 Å². The van der Waals surface area contributed by atoms with Crippen molar-refractivity contribution in [1.82, 2.24) is 9.88 Å². The molecule has 3 rings (SSSR count). The average molecular weight is 308 g/mol. The van der Waals surface area contributed by atoms with E-state index in [9.17, 15) is 0 Å². The minimum absolute atomic E-state index is 0.784. The van der Waals surface area contributed by atoms with Gasteiger partial charge in [-0.25, -0.2) is 0 Å². The summed E-state index contributed by atoms with van der Waals surface area (Å²) in [5.41, 5.74) is 1.14. The van der Waals surface area contributed by atoms with Crippen LogP contribution in [0, 0.1) is 0 Å². The minimum atomic E-state index is 0.784. The number of likely N-dealkylation sites (tertiary alicyclic amines) is 1. The zero-order valence-corrected chi connectivity index (χ0v) is 13.1. The van der Waals surface area contributed by atoms with Gasteiger partial charge < -0.3 is 9.88 Å². The van der Waals surface area contributed by atoms with Gasteiger partial charge in [-0.05, 0) is 24.6 Å². The molecule has 0 unspecified atom stereocenters. The first-order valence-corrected chi connectivity index (χ1v) is 8.24. The monoisotopic (exact) mass is 307 g/mol. The third kappa shape index (κ3) is 2.96. The Morgan fingerprint density at radius 2 is 2.35 bits per heavy atom. The van der Waals surface area contributed by atoms with Crippen molar-refractivity contribution in [2.75, 3.05) is 25.9 Å². The van der Waals surface area contributed by atoms with Crippen LogP contribution in [0.1, 0.15) is 12.8 Å². The summed E-state index contributed by atoms with van der Waals surface area (Å²) in [5.74, 6) is 2.25. The van der Waals surface area contributed by atoms with Crippen LogP contribution in [0.15, 0.2) is 34.3 Å². The first-order chi connectivity index (χ1) is 9.74. The Labute approximate surface area is 128 Å². The number of aromatic amines is 1. The first kappa shape index (κ1) is 13.8. The Morgan fingerprint density at radius 1 is 1.45 bits per heavy atom. The van der Waals surface area contributed by atoms with Crippen LogP contribution < -0.4 is 0 Å². The number of hydrogen-bond acceptors (Lipinski definition) is 2. The van der Waals surface area contributed by atoms with Crippen molar-refractivity contribution in [3.05, 3.63) is 29.4 Å². The van der Waals surface area contributed by atoms with E-state index in [4.69, 9.17) is 11.6 Å². The smallest absolute Gasteiger partial charge is 0.0987 e. The fourth-order valence-electron chi connectivity index (χ4n) is 2.51. The van der Waals surface area contributed by atoms with E-state index in [1.54, 1.807) is 0 Å². The second-order valence-corrected chi connectivity index (χ2v) is 6.59. The molecule has 1 aromatic heterocycles. The maximum atomic E-state index is 6.06. The predicted octanol–water partition coefficient (Wildman–Crippen LogP) is 4.04. The van der Waals surface area contributed by atoms with Gasteiger partial charge in [-0.1, -0.05) is 11.6 Å². The maximum absolute atomic E-state index is 6.06. The number of thioether (sulfide) groups is 1. The Balaban J connectivity index is 1.61. The van der Waals surface area contributed by atoms with E-state index in [1.165, 1.54) is 22.5 Å². The molecule has 0 atom stereocenters. The van der Waals surface area contributed by atoms with E-state index >= 15 is 0 Å². The summed E-state index contributed by atoms with van der Waals surface area (Å²) in [4.78, 5) is 11.5. The molecule has 1 fully saturated rings. The molecule has 5 heteroatoms. The van der Waals surface area contributed by atoms with Crippen LogP contribution in [0.3, 0.4) is 0 Å². The van der Waals surface area contributed by atoms with E-state index in [1.807, 2.05) is 30.0 Å². The Bertz CT molecular complexity index is 635. The van der Waals surface area contributed by atoms with Crippen molar-refractivity contribution in [1.29, 1.82) is 0 Å². The van der Waals surface area contributed by atoms with E-state index in [-0.39, 0.29) is 0 Å². The highest BCUT2D eigenvalue weighted by atomic mass is 35.5. The molecule has 0 aliphatic carbocycles. The zero-order valence-electron chi connectivity index (χ0n) is 11.5. The molecule has 0 spiro atoms. The van der Waals surface area contributed by atoms with Crippen molar-refractivity contribution in [2.24, 2.45) is 4.99 Å². The molecule has 1 aromatic carbocycles. The third-order valence-corrected chi connectivity index (χ3v) is 4.85. The van der Waals surface area contributed by atoms with Crippen LogP contribution in [0.25, 0.3) is 10.9 Å². The molecule has 1 aliphatic heterocycles. The Hall–Kier alpha value is -1.13. The largest absolute Gasteiger partial charge is 0.363 e. The molecule has 1 N–H and O–H groups in total. The van der Waals surface area contributed by atoms with Gasteiger partial charge in [-0.15, -0.1) is 11.8 Å². The number of nitrogens with zero attached hydrogens (tertiary/aromatic N) is 2. The molecule has 2 heterocycles. The van der Waals surface area contributed by atoms with E-state index in [0.717, 1.165) is 35.8 Å². The quantitative estimate of drug-likeness (QED) is 0.683. The average Bonchev–Trinajstić information content (AvgIpc) is 3.01. The summed E-state index contributed by atoms with van der Waals surface area (Å²) in [5, 5.41) is 1.99. The molecule has 106 valence electrons. The first-order valence-electron chi connectivity index (χ1n) is 6.88. The van der Waals surface area contributed by atoms with Crippen LogP contribution in [-0.2, 0) is 0 Å². The molecule has 0 saturated carbocycles. The van der Waals surface area contributed by atoms with Crippen molar-refractivity contribution < 1.29 is 0 Å². The second-order valence-electron chi connectivity index (χ2n) is 5.01. The minimum Gasteiger partial charge on any atom is -0.363 e. The lowest BCUT2D eigenvalue weighted by atomic mass is 10.2. The fourth-order valence-corrected chi connectivity index (χ4v) is 3.55. The van der Waals surface area contributed by atoms with Gasteiger partial charge in [-0.3, -0.25) is 4.99 Å². The maximum Gasteiger partial charge on any atom is 0.0987 e. The van der Waals surface area contributed by atoms with Gasteiger partial charge >= 0.3 is 0 Å². The number of amidine groups is 1. The van der Waals surface area contributed by atoms with E-state index in [2.05, 4.69) is 28.1 Å². The van der Waals surface area contributed by atoms with Crippen LogP contribution in [0.4, 0.5) is 0 Å². The van der Waals surface area contributed by atoms with Gasteiger partial charge in [-0.2, -0.15) is 0 Å². The number of nitrogens with one attached hydrogen (secondary N) is 1. The van der Waals surface area contributed by atoms with Gasteiger partial charge in [0.15, 0.2) is 0 Å². The van der Waals surface area contributed by atoms with Crippen LogP contribution in [0.2, 0.25) is 5.02 Å². The van der Waals surface area contributed by atoms with Crippen molar-refractivity contribution in [2.45, 2.75) is 17.7 Å². The number of halogens is 1. The summed E-state index contributed by atoms with van der Waals surface area (Å²) < 4.78 is 0. The molecule has 1 aliphatic rings. The number of hydrogen-bond donors (Lipinski definition) is 1. The van der Waals surface area contributed by atoms with Crippen molar-refractivity contribution in [3.8, 4) is 0 Å². The number of H-pyrrole nitrogens is 1. The standard InChI is InChI=1S/C15H18ClN3S/c1-19-7-2-3-15(19)17-6-8-20-14-10-18-13-5-4-11(16)9-12(13)14/h4-5,9-10,18H,2-3,6-8H2,1H3/b17-15+. The third-order valence-electron chi connectivity index (χ3n) is 3.58. The van der Waals surface area contributed by atoms with Gasteiger partial charge in [0.1, 0.15) is 0 Å². The summed E-state index contributed by atoms with van der Waals surface area (Å²) in [6, 6.07) is 5.96. The Kier molecular flexibility index (Phi) is 4.22. The number of fused-ring (bicyclic) bond motifs is 1. The lowest BCUT2D eigenvalue weighted by Gasteiger charge is -2.10. The summed E-state index contributed by atoms with van der Waals surface area (Å²) in [6.45, 7) is 2.02. The topological polar surface area (TPSA) is 31.4 Å². The molecule has 0 bridgehead atoms. The summed E-state index contributed by atoms with van der Waals surface area (Å²) >= 11 is 7.89. The number of rotatable bonds is 4. The number of aliphatic imine (C=N–C) groups is 1.